The summed E-state index contributed by atoms with van der Waals surface area (Å²) in [5.74, 6) is -1.51. The average molecular weight is 332 g/mol. The molecule has 1 N–H and O–H groups in total. The van der Waals surface area contributed by atoms with Crippen LogP contribution in [0.2, 0.25) is 0 Å². The first-order valence-corrected chi connectivity index (χ1v) is 3.86. The number of hydrogen-bond donors (Lipinski definition) is 1. The minimum atomic E-state index is -1.19. The van der Waals surface area contributed by atoms with Crippen LogP contribution in [0.3, 0.4) is 0 Å². The number of rotatable bonds is 3. The van der Waals surface area contributed by atoms with E-state index < -0.39 is 11.9 Å². The van der Waals surface area contributed by atoms with Gasteiger partial charge in [0.2, 0.25) is 0 Å². The molecule has 0 heterocycles. The molecule has 0 aliphatic heterocycles. The standard InChI is InChI=1S/C10H8O4.Ce/c11-9(12)6-7-10(13)14-8-4-2-1-3-5-8;/h1-7H,(H,11,12);/b7-6-;. The van der Waals surface area contributed by atoms with Crippen LogP contribution in [0.4, 0.5) is 0 Å². The maximum atomic E-state index is 10.9. The van der Waals surface area contributed by atoms with Crippen molar-refractivity contribution in [3.63, 3.8) is 0 Å². The minimum absolute atomic E-state index is 0. The zero-order valence-corrected chi connectivity index (χ0v) is 10.9. The zero-order chi connectivity index (χ0) is 10.4. The molecule has 0 aliphatic carbocycles. The first-order valence-electron chi connectivity index (χ1n) is 3.86. The summed E-state index contributed by atoms with van der Waals surface area (Å²) >= 11 is 0. The third-order valence-corrected chi connectivity index (χ3v) is 1.32. The van der Waals surface area contributed by atoms with Crippen LogP contribution in [0.5, 0.6) is 5.75 Å². The van der Waals surface area contributed by atoms with Crippen molar-refractivity contribution in [3.8, 4) is 5.75 Å². The Morgan fingerprint density at radius 1 is 1.13 bits per heavy atom. The topological polar surface area (TPSA) is 63.6 Å². The molecule has 0 radical (unpaired) electrons. The van der Waals surface area contributed by atoms with Gasteiger partial charge in [0.25, 0.3) is 0 Å². The van der Waals surface area contributed by atoms with Crippen LogP contribution in [-0.2, 0) is 9.59 Å². The predicted octanol–water partition coefficient (Wildman–Crippen LogP) is 1.23. The molecule has 76 valence electrons. The fourth-order valence-corrected chi connectivity index (χ4v) is 0.778. The van der Waals surface area contributed by atoms with Crippen LogP contribution in [0.1, 0.15) is 0 Å². The summed E-state index contributed by atoms with van der Waals surface area (Å²) in [7, 11) is 0. The van der Waals surface area contributed by atoms with Crippen molar-refractivity contribution in [2.45, 2.75) is 0 Å². The Labute approximate surface area is 120 Å². The van der Waals surface area contributed by atoms with Crippen molar-refractivity contribution in [1.29, 1.82) is 0 Å². The monoisotopic (exact) mass is 332 g/mol. The van der Waals surface area contributed by atoms with E-state index >= 15 is 0 Å². The summed E-state index contributed by atoms with van der Waals surface area (Å²) in [6.07, 6.45) is 1.58. The molecule has 0 fully saturated rings. The van der Waals surface area contributed by atoms with E-state index in [2.05, 4.69) is 0 Å². The molecule has 0 saturated heterocycles. The zero-order valence-electron chi connectivity index (χ0n) is 7.71. The van der Waals surface area contributed by atoms with Crippen molar-refractivity contribution in [2.24, 2.45) is 0 Å². The quantitative estimate of drug-likeness (QED) is 0.514. The Morgan fingerprint density at radius 2 is 1.73 bits per heavy atom. The van der Waals surface area contributed by atoms with Gasteiger partial charge in [-0.1, -0.05) is 18.2 Å². The van der Waals surface area contributed by atoms with E-state index in [1.807, 2.05) is 0 Å². The molecule has 0 spiro atoms. The molecule has 4 nitrogen and oxygen atoms in total. The first-order chi connectivity index (χ1) is 6.68. The van der Waals surface area contributed by atoms with Gasteiger partial charge in [-0.15, -0.1) is 0 Å². The minimum Gasteiger partial charge on any atom is -0.478 e. The molecule has 0 saturated carbocycles. The van der Waals surface area contributed by atoms with Crippen LogP contribution < -0.4 is 4.74 Å². The molecule has 1 aromatic carbocycles. The molecular weight excluding hydrogens is 324 g/mol. The third-order valence-electron chi connectivity index (χ3n) is 1.32. The van der Waals surface area contributed by atoms with Crippen LogP contribution >= 0.6 is 0 Å². The Balaban J connectivity index is 0.00000196. The molecule has 0 unspecified atom stereocenters. The van der Waals surface area contributed by atoms with Crippen LogP contribution in [0, 0.1) is 41.7 Å². The summed E-state index contributed by atoms with van der Waals surface area (Å²) in [4.78, 5) is 21.0. The SMILES string of the molecule is O=C(O)/C=C\C(=O)Oc1ccccc1.[Ce]. The van der Waals surface area contributed by atoms with Gasteiger partial charge < -0.3 is 9.84 Å². The van der Waals surface area contributed by atoms with Gasteiger partial charge in [0.05, 0.1) is 0 Å². The summed E-state index contributed by atoms with van der Waals surface area (Å²) in [6, 6.07) is 8.41. The number of carboxylic acid groups (broad SMARTS) is 1. The molecule has 0 aromatic heterocycles. The van der Waals surface area contributed by atoms with Gasteiger partial charge in [0.15, 0.2) is 0 Å². The number of ether oxygens (including phenoxy) is 1. The van der Waals surface area contributed by atoms with Crippen molar-refractivity contribution in [3.05, 3.63) is 42.5 Å². The summed E-state index contributed by atoms with van der Waals surface area (Å²) in [6.45, 7) is 0. The van der Waals surface area contributed by atoms with E-state index in [1.54, 1.807) is 30.3 Å². The summed E-state index contributed by atoms with van der Waals surface area (Å²) in [5, 5.41) is 8.23. The van der Waals surface area contributed by atoms with Crippen LogP contribution in [0.15, 0.2) is 42.5 Å². The van der Waals surface area contributed by atoms with E-state index in [9.17, 15) is 9.59 Å². The Morgan fingerprint density at radius 3 is 2.27 bits per heavy atom. The van der Waals surface area contributed by atoms with Gasteiger partial charge in [-0.3, -0.25) is 0 Å². The van der Waals surface area contributed by atoms with Crippen LogP contribution in [-0.4, -0.2) is 17.0 Å². The van der Waals surface area contributed by atoms with E-state index in [0.29, 0.717) is 5.75 Å². The van der Waals surface area contributed by atoms with Crippen molar-refractivity contribution in [1.82, 2.24) is 0 Å². The van der Waals surface area contributed by atoms with E-state index in [4.69, 9.17) is 9.84 Å². The number of aliphatic carboxylic acids is 1. The molecule has 0 amide bonds. The molecule has 0 bridgehead atoms. The van der Waals surface area contributed by atoms with Crippen molar-refractivity contribution in [2.75, 3.05) is 0 Å². The number of carbonyl (C=O) groups is 2. The van der Waals surface area contributed by atoms with Gasteiger partial charge in [0.1, 0.15) is 5.75 Å². The first kappa shape index (κ1) is 14.3. The summed E-state index contributed by atoms with van der Waals surface area (Å²) in [5.41, 5.74) is 0. The van der Waals surface area contributed by atoms with Crippen LogP contribution in [0.25, 0.3) is 0 Å². The molecule has 15 heavy (non-hydrogen) atoms. The Kier molecular flexibility index (Phi) is 7.19. The second kappa shape index (κ2) is 7.55. The van der Waals surface area contributed by atoms with Gasteiger partial charge in [-0.2, -0.15) is 0 Å². The maximum absolute atomic E-state index is 10.9. The number of carbonyl (C=O) groups excluding carboxylic acids is 1. The second-order valence-corrected chi connectivity index (χ2v) is 2.41. The Hall–Kier alpha value is -0.723. The van der Waals surface area contributed by atoms with Crippen molar-refractivity contribution >= 4 is 11.9 Å². The molecule has 0 aliphatic rings. The molecule has 5 heteroatoms. The number of benzene rings is 1. The fraction of sp³-hybridized carbons (Fsp3) is 0. The number of hydrogen-bond acceptors (Lipinski definition) is 3. The largest absolute Gasteiger partial charge is 0.478 e. The van der Waals surface area contributed by atoms with Gasteiger partial charge in [0, 0.05) is 53.9 Å². The number of esters is 1. The smallest absolute Gasteiger partial charge is 0.336 e. The van der Waals surface area contributed by atoms with E-state index in [-0.39, 0.29) is 41.7 Å². The van der Waals surface area contributed by atoms with Gasteiger partial charge in [-0.05, 0) is 12.1 Å². The summed E-state index contributed by atoms with van der Waals surface area (Å²) < 4.78 is 4.78. The average Bonchev–Trinajstić information content (AvgIpc) is 2.16. The second-order valence-electron chi connectivity index (χ2n) is 2.41. The normalized spacial score (nSPS) is 9.33. The Bertz CT molecular complexity index is 359. The molecule has 1 rings (SSSR count). The predicted molar refractivity (Wildman–Crippen MR) is 48.9 cm³/mol. The fourth-order valence-electron chi connectivity index (χ4n) is 0.778. The molecule has 1 aromatic rings. The molecule has 0 atom stereocenters. The maximum Gasteiger partial charge on any atom is 0.336 e. The number of para-hydroxylation sites is 1. The van der Waals surface area contributed by atoms with E-state index in [1.165, 1.54) is 0 Å². The van der Waals surface area contributed by atoms with Gasteiger partial charge in [-0.25, -0.2) is 9.59 Å². The van der Waals surface area contributed by atoms with E-state index in [0.717, 1.165) is 12.2 Å². The molecular formula is C10H8CeO4. The van der Waals surface area contributed by atoms with Gasteiger partial charge >= 0.3 is 11.9 Å². The third kappa shape index (κ3) is 6.37. The van der Waals surface area contributed by atoms with Crippen molar-refractivity contribution < 1.29 is 61.2 Å². The number of carboxylic acids is 1.